The molecule has 0 saturated carbocycles. The average Bonchev–Trinajstić information content (AvgIpc) is 2.79. The number of aliphatic hydroxyl groups is 1. The van der Waals surface area contributed by atoms with Gasteiger partial charge in [-0.1, -0.05) is 23.7 Å². The number of aliphatic imine (C=N–C) groups is 1. The smallest absolute Gasteiger partial charge is 0.319 e. The van der Waals surface area contributed by atoms with Crippen molar-refractivity contribution in [3.05, 3.63) is 58.4 Å². The molecule has 0 saturated heterocycles. The molecule has 3 N–H and O–H groups in total. The molecule has 0 radical (unpaired) electrons. The third-order valence-electron chi connectivity index (χ3n) is 4.50. The number of fused-ring (bicyclic) bond motifs is 1. The molecule has 0 aromatic heterocycles. The second-order valence-electron chi connectivity index (χ2n) is 6.46. The molecule has 0 bridgehead atoms. The fraction of sp³-hybridized carbons (Fsp3) is 0.250. The van der Waals surface area contributed by atoms with E-state index in [1.54, 1.807) is 44.3 Å². The van der Waals surface area contributed by atoms with Crippen LogP contribution >= 0.6 is 11.6 Å². The van der Waals surface area contributed by atoms with Crippen molar-refractivity contribution in [2.75, 3.05) is 30.4 Å². The summed E-state index contributed by atoms with van der Waals surface area (Å²) in [6, 6.07) is 7.96. The molecule has 9 heteroatoms. The lowest BCUT2D eigenvalue weighted by Crippen LogP contribution is -2.33. The Balaban J connectivity index is 2.17. The van der Waals surface area contributed by atoms with Gasteiger partial charge in [0.1, 0.15) is 11.9 Å². The second kappa shape index (κ2) is 8.59. The van der Waals surface area contributed by atoms with E-state index in [2.05, 4.69) is 15.6 Å². The molecule has 29 heavy (non-hydrogen) atoms. The maximum absolute atomic E-state index is 14.6. The minimum atomic E-state index is -0.748. The van der Waals surface area contributed by atoms with Gasteiger partial charge < -0.3 is 20.6 Å². The molecule has 7 nitrogen and oxygen atoms in total. The fourth-order valence-corrected chi connectivity index (χ4v) is 3.37. The molecule has 1 unspecified atom stereocenters. The van der Waals surface area contributed by atoms with Crippen LogP contribution in [0.25, 0.3) is 0 Å². The van der Waals surface area contributed by atoms with Crippen molar-refractivity contribution < 1.29 is 19.1 Å². The zero-order valence-corrected chi connectivity index (χ0v) is 16.6. The van der Waals surface area contributed by atoms with Gasteiger partial charge in [-0.25, -0.2) is 9.18 Å². The van der Waals surface area contributed by atoms with Crippen LogP contribution in [0.15, 0.2) is 41.4 Å². The van der Waals surface area contributed by atoms with Gasteiger partial charge in [0.25, 0.3) is 5.91 Å². The molecule has 3 rings (SSSR count). The molecule has 3 amide bonds. The number of halogens is 2. The molecule has 1 heterocycles. The first-order valence-corrected chi connectivity index (χ1v) is 9.31. The van der Waals surface area contributed by atoms with Crippen LogP contribution in [-0.2, 0) is 4.79 Å². The first-order valence-electron chi connectivity index (χ1n) is 8.94. The number of urea groups is 1. The van der Waals surface area contributed by atoms with Crippen molar-refractivity contribution in [1.82, 2.24) is 5.32 Å². The Kier molecular flexibility index (Phi) is 6.14. The van der Waals surface area contributed by atoms with E-state index in [4.69, 9.17) is 16.7 Å². The van der Waals surface area contributed by atoms with Crippen molar-refractivity contribution in [2.24, 2.45) is 4.99 Å². The van der Waals surface area contributed by atoms with Crippen LogP contribution in [-0.4, -0.2) is 49.0 Å². The number of anilines is 2. The van der Waals surface area contributed by atoms with Gasteiger partial charge in [-0.3, -0.25) is 9.79 Å². The predicted molar refractivity (Wildman–Crippen MR) is 110 cm³/mol. The summed E-state index contributed by atoms with van der Waals surface area (Å²) in [6.45, 7) is 1.49. The molecule has 1 aliphatic heterocycles. The van der Waals surface area contributed by atoms with Crippen molar-refractivity contribution in [2.45, 2.75) is 13.0 Å². The number of benzene rings is 2. The number of aliphatic hydroxyl groups excluding tert-OH is 1. The lowest BCUT2D eigenvalue weighted by Gasteiger charge is -2.21. The van der Waals surface area contributed by atoms with E-state index < -0.39 is 17.9 Å². The Labute approximate surface area is 172 Å². The standard InChI is InChI=1S/C20H20ClFN4O3/c1-11-19(28)26(2)15-8-7-14(25-20(29)23-9-10-27)17(21)16(15)18(24-11)12-5-3-4-6-13(12)22/h3-8,11,27H,9-10H2,1-2H3,(H2,23,25,29). The van der Waals surface area contributed by atoms with Gasteiger partial charge >= 0.3 is 6.03 Å². The van der Waals surface area contributed by atoms with Crippen molar-refractivity contribution in [1.29, 1.82) is 0 Å². The number of amides is 3. The Hall–Kier alpha value is -2.97. The van der Waals surface area contributed by atoms with E-state index in [-0.39, 0.29) is 41.0 Å². The van der Waals surface area contributed by atoms with E-state index in [9.17, 15) is 14.0 Å². The van der Waals surface area contributed by atoms with Gasteiger partial charge in [0.2, 0.25) is 0 Å². The monoisotopic (exact) mass is 418 g/mol. The van der Waals surface area contributed by atoms with Crippen molar-refractivity contribution in [3.63, 3.8) is 0 Å². The summed E-state index contributed by atoms with van der Waals surface area (Å²) in [7, 11) is 1.59. The lowest BCUT2D eigenvalue weighted by atomic mass is 9.99. The molecule has 0 spiro atoms. The van der Waals surface area contributed by atoms with Gasteiger partial charge in [0, 0.05) is 24.7 Å². The highest BCUT2D eigenvalue weighted by atomic mass is 35.5. The number of nitrogens with zero attached hydrogens (tertiary/aromatic N) is 2. The summed E-state index contributed by atoms with van der Waals surface area (Å²) in [5, 5.41) is 14.0. The number of nitrogens with one attached hydrogen (secondary N) is 2. The number of carbonyl (C=O) groups excluding carboxylic acids is 2. The van der Waals surface area contributed by atoms with Crippen LogP contribution in [0.5, 0.6) is 0 Å². The minimum absolute atomic E-state index is 0.0745. The zero-order valence-electron chi connectivity index (χ0n) is 15.9. The molecule has 152 valence electrons. The second-order valence-corrected chi connectivity index (χ2v) is 6.83. The summed E-state index contributed by atoms with van der Waals surface area (Å²) in [5.41, 5.74) is 1.49. The molecule has 1 atom stereocenters. The number of rotatable bonds is 4. The summed E-state index contributed by atoms with van der Waals surface area (Å²) in [6.07, 6.45) is 0. The third kappa shape index (κ3) is 4.08. The van der Waals surface area contributed by atoms with Gasteiger partial charge in [0.05, 0.1) is 28.7 Å². The van der Waals surface area contributed by atoms with E-state index >= 15 is 0 Å². The fourth-order valence-electron chi connectivity index (χ4n) is 3.07. The first-order chi connectivity index (χ1) is 13.8. The first kappa shape index (κ1) is 20.8. The van der Waals surface area contributed by atoms with Crippen LogP contribution in [0.3, 0.4) is 0 Å². The van der Waals surface area contributed by atoms with E-state index in [1.165, 1.54) is 11.0 Å². The topological polar surface area (TPSA) is 94.0 Å². The molecule has 2 aromatic rings. The van der Waals surface area contributed by atoms with E-state index in [0.29, 0.717) is 11.3 Å². The van der Waals surface area contributed by atoms with Crippen molar-refractivity contribution in [3.8, 4) is 0 Å². The zero-order chi connectivity index (χ0) is 21.1. The van der Waals surface area contributed by atoms with Gasteiger partial charge in [-0.05, 0) is 31.2 Å². The molecule has 2 aromatic carbocycles. The largest absolute Gasteiger partial charge is 0.395 e. The highest BCUT2D eigenvalue weighted by Crippen LogP contribution is 2.38. The van der Waals surface area contributed by atoms with Gasteiger partial charge in [-0.15, -0.1) is 0 Å². The number of hydrogen-bond donors (Lipinski definition) is 3. The highest BCUT2D eigenvalue weighted by molar-refractivity contribution is 6.40. The van der Waals surface area contributed by atoms with E-state index in [0.717, 1.165) is 0 Å². The normalized spacial score (nSPS) is 16.0. The average molecular weight is 419 g/mol. The number of hydrogen-bond acceptors (Lipinski definition) is 4. The van der Waals surface area contributed by atoms with Gasteiger partial charge in [0.15, 0.2) is 0 Å². The minimum Gasteiger partial charge on any atom is -0.395 e. The van der Waals surface area contributed by atoms with Crippen LogP contribution < -0.4 is 15.5 Å². The van der Waals surface area contributed by atoms with Crippen LogP contribution in [0.2, 0.25) is 5.02 Å². The molecule has 0 aliphatic carbocycles. The summed E-state index contributed by atoms with van der Waals surface area (Å²) >= 11 is 6.60. The van der Waals surface area contributed by atoms with Crippen LogP contribution in [0.1, 0.15) is 18.1 Å². The van der Waals surface area contributed by atoms with Gasteiger partial charge in [-0.2, -0.15) is 0 Å². The van der Waals surface area contributed by atoms with E-state index in [1.807, 2.05) is 0 Å². The maximum atomic E-state index is 14.6. The van der Waals surface area contributed by atoms with Crippen LogP contribution in [0, 0.1) is 5.82 Å². The molecular formula is C20H20ClFN4O3. The molecule has 1 aliphatic rings. The maximum Gasteiger partial charge on any atom is 0.319 e. The predicted octanol–water partition coefficient (Wildman–Crippen LogP) is 2.80. The van der Waals surface area contributed by atoms with Crippen LogP contribution in [0.4, 0.5) is 20.6 Å². The Morgan fingerprint density at radius 2 is 2.03 bits per heavy atom. The number of carbonyl (C=O) groups is 2. The quantitative estimate of drug-likeness (QED) is 0.712. The summed E-state index contributed by atoms with van der Waals surface area (Å²) in [5.74, 6) is -0.772. The SMILES string of the molecule is CC1N=C(c2ccccc2F)c2c(ccc(NC(=O)NCCO)c2Cl)N(C)C1=O. The third-order valence-corrected chi connectivity index (χ3v) is 4.90. The number of benzodiazepines with no additional fused rings is 1. The summed E-state index contributed by atoms with van der Waals surface area (Å²) < 4.78 is 14.6. The number of likely N-dealkylation sites (N-methyl/N-ethyl adjacent to an activating group) is 1. The van der Waals surface area contributed by atoms with Crippen molar-refractivity contribution >= 4 is 40.6 Å². The molecular weight excluding hydrogens is 399 g/mol. The Morgan fingerprint density at radius 3 is 2.72 bits per heavy atom. The summed E-state index contributed by atoms with van der Waals surface area (Å²) in [4.78, 5) is 30.5. The Bertz CT molecular complexity index is 996. The molecule has 0 fully saturated rings. The Morgan fingerprint density at radius 1 is 1.31 bits per heavy atom. The lowest BCUT2D eigenvalue weighted by molar-refractivity contribution is -0.119. The highest BCUT2D eigenvalue weighted by Gasteiger charge is 2.31.